The number of aromatic nitrogens is 1. The van der Waals surface area contributed by atoms with E-state index >= 15 is 0 Å². The average Bonchev–Trinajstić information content (AvgIpc) is 3.11. The Balaban J connectivity index is 1.93. The van der Waals surface area contributed by atoms with Crippen molar-refractivity contribution >= 4 is 12.0 Å². The molecular weight excluding hydrogens is 350 g/mol. The van der Waals surface area contributed by atoms with Crippen molar-refractivity contribution in [2.24, 2.45) is 0 Å². The molecule has 2 aromatic rings. The molecule has 0 saturated heterocycles. The van der Waals surface area contributed by atoms with Gasteiger partial charge in [-0.05, 0) is 52.0 Å². The molecule has 0 aromatic carbocycles. The Bertz CT molecular complexity index is 834. The van der Waals surface area contributed by atoms with Gasteiger partial charge in [0, 0.05) is 19.6 Å². The maximum atomic E-state index is 12.2. The van der Waals surface area contributed by atoms with Gasteiger partial charge in [-0.2, -0.15) is 0 Å². The number of aromatic amines is 1. The lowest BCUT2D eigenvalue weighted by atomic mass is 10.2. The number of H-pyrrole nitrogens is 1. The second kappa shape index (κ2) is 8.57. The van der Waals surface area contributed by atoms with Crippen LogP contribution >= 0.6 is 0 Å². The Hall–Kier alpha value is -3.03. The van der Waals surface area contributed by atoms with Crippen molar-refractivity contribution in [2.45, 2.75) is 33.3 Å². The monoisotopic (exact) mass is 375 g/mol. The van der Waals surface area contributed by atoms with Crippen molar-refractivity contribution in [2.75, 3.05) is 19.6 Å². The van der Waals surface area contributed by atoms with Crippen LogP contribution in [0.25, 0.3) is 11.5 Å². The van der Waals surface area contributed by atoms with E-state index in [1.165, 1.54) is 17.2 Å². The molecule has 2 rings (SSSR count). The van der Waals surface area contributed by atoms with Crippen molar-refractivity contribution in [1.29, 1.82) is 0 Å². The van der Waals surface area contributed by atoms with Crippen LogP contribution in [0.4, 0.5) is 4.79 Å². The normalized spacial score (nSPS) is 11.1. The van der Waals surface area contributed by atoms with Crippen LogP contribution < -0.4 is 10.9 Å². The summed E-state index contributed by atoms with van der Waals surface area (Å²) in [6.45, 7) is 8.12. The Morgan fingerprint density at radius 1 is 1.26 bits per heavy atom. The third kappa shape index (κ3) is 5.73. The van der Waals surface area contributed by atoms with E-state index in [0.717, 1.165) is 0 Å². The quantitative estimate of drug-likeness (QED) is 0.807. The SMILES string of the molecule is CCN(CCNC(=O)c1ccc(-c2ccco2)[nH]c1=O)C(=O)OC(C)(C)C. The van der Waals surface area contributed by atoms with Gasteiger partial charge < -0.3 is 24.4 Å². The molecule has 2 amide bonds. The molecule has 0 aliphatic heterocycles. The van der Waals surface area contributed by atoms with Gasteiger partial charge in [0.15, 0.2) is 0 Å². The third-order valence-corrected chi connectivity index (χ3v) is 3.64. The lowest BCUT2D eigenvalue weighted by Crippen LogP contribution is -2.41. The molecule has 27 heavy (non-hydrogen) atoms. The minimum absolute atomic E-state index is 0.00868. The number of likely N-dealkylation sites (N-methyl/N-ethyl adjacent to an activating group) is 1. The largest absolute Gasteiger partial charge is 0.463 e. The summed E-state index contributed by atoms with van der Waals surface area (Å²) in [5, 5.41) is 2.64. The van der Waals surface area contributed by atoms with Gasteiger partial charge in [-0.15, -0.1) is 0 Å². The fourth-order valence-electron chi connectivity index (χ4n) is 2.33. The van der Waals surface area contributed by atoms with Gasteiger partial charge in [0.05, 0.1) is 12.0 Å². The van der Waals surface area contributed by atoms with Crippen LogP contribution in [0.3, 0.4) is 0 Å². The van der Waals surface area contributed by atoms with E-state index in [2.05, 4.69) is 10.3 Å². The van der Waals surface area contributed by atoms with Crippen molar-refractivity contribution < 1.29 is 18.7 Å². The second-order valence-electron chi connectivity index (χ2n) is 6.91. The van der Waals surface area contributed by atoms with Crippen LogP contribution in [-0.4, -0.2) is 47.1 Å². The maximum absolute atomic E-state index is 12.2. The summed E-state index contributed by atoms with van der Waals surface area (Å²) >= 11 is 0. The second-order valence-corrected chi connectivity index (χ2v) is 6.91. The average molecular weight is 375 g/mol. The molecule has 8 nitrogen and oxygen atoms in total. The molecule has 0 fully saturated rings. The van der Waals surface area contributed by atoms with E-state index in [0.29, 0.717) is 18.0 Å². The van der Waals surface area contributed by atoms with Crippen LogP contribution in [0, 0.1) is 0 Å². The Kier molecular flexibility index (Phi) is 6.44. The van der Waals surface area contributed by atoms with Crippen molar-refractivity contribution in [3.05, 3.63) is 46.4 Å². The number of pyridine rings is 1. The Labute approximate surface area is 157 Å². The highest BCUT2D eigenvalue weighted by Crippen LogP contribution is 2.15. The van der Waals surface area contributed by atoms with Crippen molar-refractivity contribution in [3.8, 4) is 11.5 Å². The lowest BCUT2D eigenvalue weighted by Gasteiger charge is -2.26. The fraction of sp³-hybridized carbons (Fsp3) is 0.421. The summed E-state index contributed by atoms with van der Waals surface area (Å²) in [4.78, 5) is 40.6. The zero-order chi connectivity index (χ0) is 20.0. The van der Waals surface area contributed by atoms with Crippen molar-refractivity contribution in [3.63, 3.8) is 0 Å². The summed E-state index contributed by atoms with van der Waals surface area (Å²) in [6.07, 6.45) is 1.05. The molecule has 0 radical (unpaired) electrons. The summed E-state index contributed by atoms with van der Waals surface area (Å²) in [5.41, 5.74) is -0.619. The van der Waals surface area contributed by atoms with Gasteiger partial charge in [0.1, 0.15) is 16.9 Å². The Morgan fingerprint density at radius 2 is 2.00 bits per heavy atom. The number of hydrogen-bond acceptors (Lipinski definition) is 5. The minimum Gasteiger partial charge on any atom is -0.463 e. The van der Waals surface area contributed by atoms with E-state index in [1.807, 2.05) is 6.92 Å². The topological polar surface area (TPSA) is 105 Å². The standard InChI is InChI=1S/C19H25N3O5/c1-5-22(18(25)27-19(2,3)4)11-10-20-16(23)13-8-9-14(21-17(13)24)15-7-6-12-26-15/h6-9,12H,5,10-11H2,1-4H3,(H,20,23)(H,21,24). The van der Waals surface area contributed by atoms with Crippen LogP contribution in [-0.2, 0) is 4.74 Å². The first-order valence-corrected chi connectivity index (χ1v) is 8.74. The number of carbonyl (C=O) groups excluding carboxylic acids is 2. The molecule has 2 N–H and O–H groups in total. The molecule has 0 unspecified atom stereocenters. The molecule has 2 aromatic heterocycles. The number of nitrogens with zero attached hydrogens (tertiary/aromatic N) is 1. The summed E-state index contributed by atoms with van der Waals surface area (Å²) in [7, 11) is 0. The lowest BCUT2D eigenvalue weighted by molar-refractivity contribution is 0.0261. The van der Waals surface area contributed by atoms with Crippen LogP contribution in [0.5, 0.6) is 0 Å². The highest BCUT2D eigenvalue weighted by molar-refractivity contribution is 5.94. The molecule has 0 bridgehead atoms. The first kappa shape index (κ1) is 20.3. The fourth-order valence-corrected chi connectivity index (χ4v) is 2.33. The van der Waals surface area contributed by atoms with E-state index in [9.17, 15) is 14.4 Å². The van der Waals surface area contributed by atoms with Gasteiger partial charge in [-0.25, -0.2) is 4.79 Å². The number of carbonyl (C=O) groups is 2. The predicted octanol–water partition coefficient (Wildman–Crippen LogP) is 2.62. The van der Waals surface area contributed by atoms with Gasteiger partial charge in [0.2, 0.25) is 0 Å². The highest BCUT2D eigenvalue weighted by Gasteiger charge is 2.21. The first-order chi connectivity index (χ1) is 12.7. The molecule has 8 heteroatoms. The minimum atomic E-state index is -0.587. The summed E-state index contributed by atoms with van der Waals surface area (Å²) in [6, 6.07) is 6.46. The van der Waals surface area contributed by atoms with Gasteiger partial charge in [0.25, 0.3) is 11.5 Å². The van der Waals surface area contributed by atoms with E-state index in [4.69, 9.17) is 9.15 Å². The van der Waals surface area contributed by atoms with Gasteiger partial charge in [-0.1, -0.05) is 0 Å². The maximum Gasteiger partial charge on any atom is 0.410 e. The van der Waals surface area contributed by atoms with Crippen molar-refractivity contribution in [1.82, 2.24) is 15.2 Å². The van der Waals surface area contributed by atoms with Crippen LogP contribution in [0.15, 0.2) is 39.7 Å². The van der Waals surface area contributed by atoms with E-state index < -0.39 is 23.2 Å². The summed E-state index contributed by atoms with van der Waals surface area (Å²) < 4.78 is 10.5. The molecule has 0 saturated carbocycles. The number of nitrogens with one attached hydrogen (secondary N) is 2. The van der Waals surface area contributed by atoms with Gasteiger partial charge in [-0.3, -0.25) is 9.59 Å². The number of amides is 2. The molecule has 0 aliphatic rings. The Morgan fingerprint density at radius 3 is 2.56 bits per heavy atom. The first-order valence-electron chi connectivity index (χ1n) is 8.74. The van der Waals surface area contributed by atoms with E-state index in [-0.39, 0.29) is 18.7 Å². The predicted molar refractivity (Wildman–Crippen MR) is 101 cm³/mol. The molecular formula is C19H25N3O5. The molecule has 2 heterocycles. The van der Waals surface area contributed by atoms with E-state index in [1.54, 1.807) is 39.0 Å². The zero-order valence-electron chi connectivity index (χ0n) is 16.0. The van der Waals surface area contributed by atoms with Gasteiger partial charge >= 0.3 is 6.09 Å². The smallest absolute Gasteiger partial charge is 0.410 e. The number of hydrogen-bond donors (Lipinski definition) is 2. The van der Waals surface area contributed by atoms with Crippen LogP contribution in [0.2, 0.25) is 0 Å². The number of furan rings is 1. The van der Waals surface area contributed by atoms with Crippen LogP contribution in [0.1, 0.15) is 38.1 Å². The number of ether oxygens (including phenoxy) is 1. The molecule has 0 atom stereocenters. The summed E-state index contributed by atoms with van der Waals surface area (Å²) in [5.74, 6) is -0.00232. The highest BCUT2D eigenvalue weighted by atomic mass is 16.6. The molecule has 0 aliphatic carbocycles. The molecule has 0 spiro atoms. The zero-order valence-corrected chi connectivity index (χ0v) is 16.0. The molecule has 146 valence electrons. The number of rotatable bonds is 6. The third-order valence-electron chi connectivity index (χ3n) is 3.64.